The van der Waals surface area contributed by atoms with E-state index in [4.69, 9.17) is 9.47 Å². The standard InChI is InChI=1S/C19H23N5O3S2/c1-11-13(3)29-18(20-11)21-16(25)10-28-19-23-22-17(24(19)4)12(2)27-15-8-6-7-14(9-15)26-5/h6-9,12H,10H2,1-5H3,(H,20,21,25). The summed E-state index contributed by atoms with van der Waals surface area (Å²) in [4.78, 5) is 17.6. The Morgan fingerprint density at radius 2 is 2.07 bits per heavy atom. The summed E-state index contributed by atoms with van der Waals surface area (Å²) in [5, 5.41) is 12.5. The minimum Gasteiger partial charge on any atom is -0.497 e. The third-order valence-electron chi connectivity index (χ3n) is 4.19. The number of hydrogen-bond donors (Lipinski definition) is 1. The smallest absolute Gasteiger partial charge is 0.236 e. The van der Waals surface area contributed by atoms with Gasteiger partial charge in [-0.3, -0.25) is 4.79 Å². The molecular formula is C19H23N5O3S2. The summed E-state index contributed by atoms with van der Waals surface area (Å²) in [5.74, 6) is 2.16. The van der Waals surface area contributed by atoms with Crippen molar-refractivity contribution in [1.29, 1.82) is 0 Å². The van der Waals surface area contributed by atoms with Crippen molar-refractivity contribution in [2.75, 3.05) is 18.2 Å². The average Bonchev–Trinajstić information content (AvgIpc) is 3.21. The van der Waals surface area contributed by atoms with Gasteiger partial charge in [0.05, 0.1) is 18.6 Å². The van der Waals surface area contributed by atoms with Crippen LogP contribution in [-0.4, -0.2) is 38.5 Å². The number of rotatable bonds is 8. The fourth-order valence-corrected chi connectivity index (χ4v) is 4.10. The molecule has 0 saturated carbocycles. The van der Waals surface area contributed by atoms with Crippen molar-refractivity contribution in [2.24, 2.45) is 7.05 Å². The summed E-state index contributed by atoms with van der Waals surface area (Å²) in [7, 11) is 3.47. The van der Waals surface area contributed by atoms with Crippen molar-refractivity contribution in [3.8, 4) is 11.5 Å². The Morgan fingerprint density at radius 3 is 2.76 bits per heavy atom. The molecule has 29 heavy (non-hydrogen) atoms. The van der Waals surface area contributed by atoms with Crippen LogP contribution in [0.5, 0.6) is 11.5 Å². The lowest BCUT2D eigenvalue weighted by Gasteiger charge is -2.14. The predicted octanol–water partition coefficient (Wildman–Crippen LogP) is 3.77. The van der Waals surface area contributed by atoms with Gasteiger partial charge in [0.1, 0.15) is 11.5 Å². The zero-order chi connectivity index (χ0) is 21.0. The molecule has 2 aromatic heterocycles. The van der Waals surface area contributed by atoms with Gasteiger partial charge in [0.25, 0.3) is 0 Å². The van der Waals surface area contributed by atoms with Gasteiger partial charge in [-0.2, -0.15) is 0 Å². The molecule has 0 aliphatic rings. The van der Waals surface area contributed by atoms with Crippen LogP contribution in [-0.2, 0) is 11.8 Å². The topological polar surface area (TPSA) is 91.2 Å². The number of amides is 1. The lowest BCUT2D eigenvalue weighted by atomic mass is 10.3. The van der Waals surface area contributed by atoms with E-state index in [0.29, 0.717) is 21.9 Å². The fraction of sp³-hybridized carbons (Fsp3) is 0.368. The summed E-state index contributed by atoms with van der Waals surface area (Å²) in [6.07, 6.45) is -0.316. The minimum atomic E-state index is -0.316. The largest absolute Gasteiger partial charge is 0.497 e. The number of hydrogen-bond acceptors (Lipinski definition) is 8. The molecule has 1 amide bonds. The SMILES string of the molecule is COc1cccc(OC(C)c2nnc(SCC(=O)Nc3nc(C)c(C)s3)n2C)c1. The summed E-state index contributed by atoms with van der Waals surface area (Å²) >= 11 is 2.78. The lowest BCUT2D eigenvalue weighted by molar-refractivity contribution is -0.113. The van der Waals surface area contributed by atoms with Crippen LogP contribution < -0.4 is 14.8 Å². The Kier molecular flexibility index (Phi) is 6.75. The monoisotopic (exact) mass is 433 g/mol. The molecule has 3 rings (SSSR count). The van der Waals surface area contributed by atoms with Gasteiger partial charge >= 0.3 is 0 Å². The van der Waals surface area contributed by atoms with Crippen molar-refractivity contribution < 1.29 is 14.3 Å². The van der Waals surface area contributed by atoms with Crippen LogP contribution in [0, 0.1) is 13.8 Å². The fourth-order valence-electron chi connectivity index (χ4n) is 2.55. The van der Waals surface area contributed by atoms with E-state index >= 15 is 0 Å². The molecule has 154 valence electrons. The van der Waals surface area contributed by atoms with E-state index in [0.717, 1.165) is 16.3 Å². The highest BCUT2D eigenvalue weighted by atomic mass is 32.2. The molecule has 0 aliphatic carbocycles. The molecule has 0 aliphatic heterocycles. The average molecular weight is 434 g/mol. The number of aryl methyl sites for hydroxylation is 2. The molecule has 3 aromatic rings. The number of nitrogens with one attached hydrogen (secondary N) is 1. The Balaban J connectivity index is 1.58. The lowest BCUT2D eigenvalue weighted by Crippen LogP contribution is -2.14. The van der Waals surface area contributed by atoms with E-state index in [9.17, 15) is 4.79 Å². The maximum atomic E-state index is 12.2. The van der Waals surface area contributed by atoms with Gasteiger partial charge in [-0.05, 0) is 32.9 Å². The zero-order valence-corrected chi connectivity index (χ0v) is 18.6. The number of ether oxygens (including phenoxy) is 2. The molecule has 8 nitrogen and oxygen atoms in total. The van der Waals surface area contributed by atoms with Crippen LogP contribution >= 0.6 is 23.1 Å². The quantitative estimate of drug-likeness (QED) is 0.541. The number of carbonyl (C=O) groups is 1. The number of methoxy groups -OCH3 is 1. The zero-order valence-electron chi connectivity index (χ0n) is 16.9. The van der Waals surface area contributed by atoms with E-state index < -0.39 is 0 Å². The molecule has 0 fully saturated rings. The Labute approximate surface area is 177 Å². The van der Waals surface area contributed by atoms with Gasteiger partial charge in [0, 0.05) is 18.0 Å². The first-order chi connectivity index (χ1) is 13.9. The van der Waals surface area contributed by atoms with Crippen LogP contribution in [0.15, 0.2) is 29.4 Å². The number of aromatic nitrogens is 4. The molecule has 10 heteroatoms. The second-order valence-electron chi connectivity index (χ2n) is 6.34. The predicted molar refractivity (Wildman–Crippen MR) is 114 cm³/mol. The van der Waals surface area contributed by atoms with Crippen LogP contribution in [0.2, 0.25) is 0 Å². The highest BCUT2D eigenvalue weighted by molar-refractivity contribution is 7.99. The van der Waals surface area contributed by atoms with Crippen LogP contribution in [0.1, 0.15) is 29.4 Å². The van der Waals surface area contributed by atoms with E-state index in [-0.39, 0.29) is 17.8 Å². The Morgan fingerprint density at radius 1 is 1.31 bits per heavy atom. The highest BCUT2D eigenvalue weighted by Crippen LogP contribution is 2.26. The molecule has 1 unspecified atom stereocenters. The molecule has 1 N–H and O–H groups in total. The first kappa shape index (κ1) is 21.1. The molecule has 0 bridgehead atoms. The van der Waals surface area contributed by atoms with Crippen molar-refractivity contribution in [3.63, 3.8) is 0 Å². The molecule has 1 atom stereocenters. The van der Waals surface area contributed by atoms with Gasteiger partial charge < -0.3 is 19.4 Å². The second-order valence-corrected chi connectivity index (χ2v) is 8.48. The number of benzene rings is 1. The van der Waals surface area contributed by atoms with Crippen molar-refractivity contribution in [3.05, 3.63) is 40.7 Å². The van der Waals surface area contributed by atoms with E-state index in [1.807, 2.05) is 56.7 Å². The number of carbonyl (C=O) groups excluding carboxylic acids is 1. The first-order valence-corrected chi connectivity index (χ1v) is 10.7. The molecule has 0 radical (unpaired) electrons. The van der Waals surface area contributed by atoms with Crippen LogP contribution in [0.4, 0.5) is 5.13 Å². The summed E-state index contributed by atoms with van der Waals surface area (Å²) in [5.41, 5.74) is 0.931. The van der Waals surface area contributed by atoms with Gasteiger partial charge in [-0.25, -0.2) is 4.98 Å². The number of anilines is 1. The Hall–Kier alpha value is -2.59. The minimum absolute atomic E-state index is 0.131. The molecule has 0 saturated heterocycles. The van der Waals surface area contributed by atoms with Gasteiger partial charge in [0.2, 0.25) is 5.91 Å². The summed E-state index contributed by atoms with van der Waals surface area (Å²) in [6, 6.07) is 7.39. The van der Waals surface area contributed by atoms with Crippen molar-refractivity contribution in [2.45, 2.75) is 32.0 Å². The van der Waals surface area contributed by atoms with Crippen LogP contribution in [0.3, 0.4) is 0 Å². The van der Waals surface area contributed by atoms with Crippen molar-refractivity contribution >= 4 is 34.1 Å². The number of thiazole rings is 1. The summed E-state index contributed by atoms with van der Waals surface area (Å²) in [6.45, 7) is 5.80. The Bertz CT molecular complexity index is 982. The molecule has 2 heterocycles. The van der Waals surface area contributed by atoms with Gasteiger partial charge in [0.15, 0.2) is 22.2 Å². The van der Waals surface area contributed by atoms with Crippen molar-refractivity contribution in [1.82, 2.24) is 19.7 Å². The van der Waals surface area contributed by atoms with Gasteiger partial charge in [-0.1, -0.05) is 17.8 Å². The third kappa shape index (κ3) is 5.27. The number of thioether (sulfide) groups is 1. The molecule has 0 spiro atoms. The molecular weight excluding hydrogens is 410 g/mol. The molecule has 1 aromatic carbocycles. The summed E-state index contributed by atoms with van der Waals surface area (Å²) < 4.78 is 13.0. The number of nitrogens with zero attached hydrogens (tertiary/aromatic N) is 4. The normalized spacial score (nSPS) is 11.9. The van der Waals surface area contributed by atoms with E-state index in [1.54, 1.807) is 7.11 Å². The van der Waals surface area contributed by atoms with E-state index in [1.165, 1.54) is 23.1 Å². The van der Waals surface area contributed by atoms with Gasteiger partial charge in [-0.15, -0.1) is 21.5 Å². The second kappa shape index (κ2) is 9.27. The van der Waals surface area contributed by atoms with Crippen LogP contribution in [0.25, 0.3) is 0 Å². The third-order valence-corrected chi connectivity index (χ3v) is 6.20. The first-order valence-electron chi connectivity index (χ1n) is 8.94. The maximum Gasteiger partial charge on any atom is 0.236 e. The maximum absolute atomic E-state index is 12.2. The van der Waals surface area contributed by atoms with E-state index in [2.05, 4.69) is 20.5 Å². The highest BCUT2D eigenvalue weighted by Gasteiger charge is 2.18.